The van der Waals surface area contributed by atoms with Crippen LogP contribution in [-0.4, -0.2) is 59.0 Å². The van der Waals surface area contributed by atoms with Crippen molar-refractivity contribution < 1.29 is 19.2 Å². The first-order chi connectivity index (χ1) is 10.0. The quantitative estimate of drug-likeness (QED) is 0.587. The molecule has 1 aliphatic rings. The minimum Gasteiger partial charge on any atom is -0.394 e. The normalized spacial score (nSPS) is 27.3. The van der Waals surface area contributed by atoms with E-state index in [1.807, 2.05) is 0 Å². The highest BCUT2D eigenvalue weighted by atomic mass is 32.2. The number of nitrogens with zero attached hydrogens (tertiary/aromatic N) is 3. The van der Waals surface area contributed by atoms with Crippen molar-refractivity contribution in [2.24, 2.45) is 0 Å². The van der Waals surface area contributed by atoms with E-state index in [1.54, 1.807) is 0 Å². The maximum atomic E-state index is 11.9. The third-order valence-corrected chi connectivity index (χ3v) is 4.12. The van der Waals surface area contributed by atoms with Crippen LogP contribution in [0.25, 0.3) is 11.2 Å². The van der Waals surface area contributed by atoms with Gasteiger partial charge in [-0.1, -0.05) is 0 Å². The molecule has 10 heteroatoms. The van der Waals surface area contributed by atoms with Crippen LogP contribution < -0.4 is 5.56 Å². The minimum absolute atomic E-state index is 0.0477. The molecule has 3 N–H and O–H groups in total. The maximum absolute atomic E-state index is 11.9. The van der Waals surface area contributed by atoms with Crippen molar-refractivity contribution in [3.63, 3.8) is 0 Å². The molecule has 3 rings (SSSR count). The van der Waals surface area contributed by atoms with E-state index < -0.39 is 34.8 Å². The highest BCUT2D eigenvalue weighted by molar-refractivity contribution is 7.84. The van der Waals surface area contributed by atoms with Crippen molar-refractivity contribution in [3.05, 3.63) is 16.7 Å². The molecule has 114 valence electrons. The molecule has 2 aromatic rings. The largest absolute Gasteiger partial charge is 0.394 e. The van der Waals surface area contributed by atoms with E-state index in [1.165, 1.54) is 17.2 Å². The molecule has 0 amide bonds. The third kappa shape index (κ3) is 2.39. The number of hydrogen-bond donors (Lipinski definition) is 3. The molecule has 4 atom stereocenters. The van der Waals surface area contributed by atoms with Gasteiger partial charge in [0.05, 0.1) is 29.8 Å². The van der Waals surface area contributed by atoms with Crippen molar-refractivity contribution in [2.45, 2.75) is 30.0 Å². The van der Waals surface area contributed by atoms with Gasteiger partial charge in [-0.2, -0.15) is 0 Å². The van der Waals surface area contributed by atoms with Gasteiger partial charge < -0.3 is 14.9 Å². The molecule has 0 radical (unpaired) electrons. The van der Waals surface area contributed by atoms with Gasteiger partial charge in [-0.05, 0) is 0 Å². The summed E-state index contributed by atoms with van der Waals surface area (Å²) in [6.07, 6.45) is 0.952. The molecule has 1 aliphatic heterocycles. The first-order valence-electron chi connectivity index (χ1n) is 6.26. The first-order valence-corrected chi connectivity index (χ1v) is 7.81. The smallest absolute Gasteiger partial charge is 0.279 e. The Morgan fingerprint density at radius 3 is 3.00 bits per heavy atom. The van der Waals surface area contributed by atoms with E-state index in [2.05, 4.69) is 15.0 Å². The number of ether oxygens (including phenoxy) is 1. The minimum atomic E-state index is -1.44. The Bertz CT molecular complexity index is 757. The molecular weight excluding hydrogens is 303 g/mol. The van der Waals surface area contributed by atoms with Gasteiger partial charge in [-0.15, -0.1) is 0 Å². The summed E-state index contributed by atoms with van der Waals surface area (Å²) in [5, 5.41) is 18.9. The van der Waals surface area contributed by atoms with Crippen molar-refractivity contribution >= 4 is 22.0 Å². The van der Waals surface area contributed by atoms with Crippen LogP contribution in [0.4, 0.5) is 0 Å². The van der Waals surface area contributed by atoms with Crippen LogP contribution in [0.5, 0.6) is 0 Å². The summed E-state index contributed by atoms with van der Waals surface area (Å²) < 4.78 is 18.5. The summed E-state index contributed by atoms with van der Waals surface area (Å²) in [7, 11) is -1.44. The van der Waals surface area contributed by atoms with Gasteiger partial charge in [-0.25, -0.2) is 9.97 Å². The Balaban J connectivity index is 2.08. The highest BCUT2D eigenvalue weighted by Gasteiger charge is 2.35. The fourth-order valence-electron chi connectivity index (χ4n) is 2.30. The van der Waals surface area contributed by atoms with Gasteiger partial charge in [0.15, 0.2) is 11.2 Å². The van der Waals surface area contributed by atoms with Crippen molar-refractivity contribution in [2.75, 3.05) is 12.9 Å². The van der Waals surface area contributed by atoms with Gasteiger partial charge >= 0.3 is 0 Å². The summed E-state index contributed by atoms with van der Waals surface area (Å²) in [6, 6.07) is 0. The van der Waals surface area contributed by atoms with E-state index in [0.29, 0.717) is 0 Å². The maximum Gasteiger partial charge on any atom is 0.279 e. The zero-order valence-corrected chi connectivity index (χ0v) is 11.9. The van der Waals surface area contributed by atoms with Gasteiger partial charge in [-0.3, -0.25) is 18.6 Å². The van der Waals surface area contributed by atoms with Crippen LogP contribution in [-0.2, 0) is 15.5 Å². The standard InChI is InChI=1S/C11H14N4O5S/c1-21(19)11-13-9-8(10(18)14-11)12-4-15(9)7-2-5(17)6(3-16)20-7/h4-7,16-17H,2-3H2,1H3,(H,13,14,18)/t5-,6+,7+,21?/m0/s1/i11+1,13+1,14+1. The highest BCUT2D eigenvalue weighted by Crippen LogP contribution is 2.30. The molecule has 0 spiro atoms. The molecular formula is C11H14N4O5S. The van der Waals surface area contributed by atoms with Gasteiger partial charge in [0, 0.05) is 12.7 Å². The number of fused-ring (bicyclic) bond motifs is 1. The number of rotatable bonds is 3. The molecule has 1 saturated heterocycles. The van der Waals surface area contributed by atoms with Crippen molar-refractivity contribution in [1.29, 1.82) is 0 Å². The SMILES string of the molecule is CS(=O)[13c]1[15n]c2c(ncn2[C@H]2C[C@H](O)[C@@H](CO)O2)c(=O)[15nH]1. The van der Waals surface area contributed by atoms with E-state index in [-0.39, 0.29) is 29.3 Å². The van der Waals surface area contributed by atoms with Crippen LogP contribution in [0.15, 0.2) is 16.3 Å². The Morgan fingerprint density at radius 1 is 1.62 bits per heavy atom. The number of imidazole rings is 1. The predicted octanol–water partition coefficient (Wildman–Crippen LogP) is -1.50. The lowest BCUT2D eigenvalue weighted by Crippen LogP contribution is -2.24. The lowest BCUT2D eigenvalue weighted by molar-refractivity contribution is -0.0432. The molecule has 3 heterocycles. The number of aromatic nitrogens is 4. The van der Waals surface area contributed by atoms with Crippen molar-refractivity contribution in [1.82, 2.24) is 19.5 Å². The molecule has 0 bridgehead atoms. The number of nitrogens with one attached hydrogen (secondary N) is 1. The second-order valence-corrected chi connectivity index (χ2v) is 6.06. The summed E-state index contributed by atoms with van der Waals surface area (Å²) in [6.45, 7) is -0.303. The van der Waals surface area contributed by atoms with Crippen LogP contribution in [0.3, 0.4) is 0 Å². The summed E-state index contributed by atoms with van der Waals surface area (Å²) in [5.41, 5.74) is -0.143. The van der Waals surface area contributed by atoms with Gasteiger partial charge in [0.1, 0.15) is 12.3 Å². The fourth-order valence-corrected chi connectivity index (χ4v) is 2.75. The number of aliphatic hydroxyl groups is 2. The van der Waals surface area contributed by atoms with Gasteiger partial charge in [0.25, 0.3) is 5.56 Å². The van der Waals surface area contributed by atoms with E-state index in [4.69, 9.17) is 9.84 Å². The van der Waals surface area contributed by atoms with Crippen LogP contribution >= 0.6 is 0 Å². The van der Waals surface area contributed by atoms with E-state index >= 15 is 0 Å². The molecule has 21 heavy (non-hydrogen) atoms. The number of H-pyrrole nitrogens is 1. The molecule has 0 aromatic carbocycles. The lowest BCUT2D eigenvalue weighted by atomic mass is 10.2. The Kier molecular flexibility index (Phi) is 3.61. The van der Waals surface area contributed by atoms with Crippen LogP contribution in [0.1, 0.15) is 12.6 Å². The van der Waals surface area contributed by atoms with Crippen LogP contribution in [0, 0.1) is 0 Å². The monoisotopic (exact) mass is 317 g/mol. The topological polar surface area (TPSA) is 130 Å². The third-order valence-electron chi connectivity index (χ3n) is 3.38. The molecule has 1 unspecified atom stereocenters. The van der Waals surface area contributed by atoms with Crippen molar-refractivity contribution in [3.8, 4) is 0 Å². The zero-order chi connectivity index (χ0) is 15.1. The average molecular weight is 317 g/mol. The van der Waals surface area contributed by atoms with Crippen LogP contribution in [0.2, 0.25) is 0 Å². The second kappa shape index (κ2) is 5.30. The first kappa shape index (κ1) is 14.3. The Hall–Kier alpha value is -1.62. The summed E-state index contributed by atoms with van der Waals surface area (Å²) >= 11 is 0. The molecule has 9 nitrogen and oxygen atoms in total. The molecule has 0 aliphatic carbocycles. The molecule has 1 fully saturated rings. The Labute approximate surface area is 121 Å². The fraction of sp³-hybridized carbons (Fsp3) is 0.545. The predicted molar refractivity (Wildman–Crippen MR) is 72.1 cm³/mol. The zero-order valence-electron chi connectivity index (χ0n) is 11.1. The second-order valence-electron chi connectivity index (χ2n) is 4.76. The summed E-state index contributed by atoms with van der Waals surface area (Å²) in [5.74, 6) is 0. The molecule has 0 saturated carbocycles. The van der Waals surface area contributed by atoms with E-state index in [0.717, 1.165) is 0 Å². The average Bonchev–Trinajstić information content (AvgIpc) is 3.01. The number of aliphatic hydroxyl groups excluding tert-OH is 2. The number of hydrogen-bond acceptors (Lipinski definition) is 7. The molecule has 2 aromatic heterocycles. The lowest BCUT2D eigenvalue weighted by Gasteiger charge is -2.13. The van der Waals surface area contributed by atoms with Gasteiger partial charge in [0.2, 0.25) is 5.16 Å². The van der Waals surface area contributed by atoms with E-state index in [9.17, 15) is 14.1 Å². The summed E-state index contributed by atoms with van der Waals surface area (Å²) in [4.78, 5) is 22.4. The Morgan fingerprint density at radius 2 is 2.38 bits per heavy atom. The number of aromatic amines is 1.